The Hall–Kier alpha value is -1.94. The van der Waals surface area contributed by atoms with Crippen molar-refractivity contribution in [3.05, 3.63) is 36.5 Å². The topological polar surface area (TPSA) is 54.0 Å². The first kappa shape index (κ1) is 12.5. The van der Waals surface area contributed by atoms with Crippen LogP contribution in [0.5, 0.6) is 0 Å². The van der Waals surface area contributed by atoms with Crippen molar-refractivity contribution in [1.29, 1.82) is 0 Å². The van der Waals surface area contributed by atoms with Crippen LogP contribution < -0.4 is 10.6 Å². The van der Waals surface area contributed by atoms with E-state index < -0.39 is 0 Å². The van der Waals surface area contributed by atoms with E-state index in [1.807, 2.05) is 44.3 Å². The summed E-state index contributed by atoms with van der Waals surface area (Å²) in [6.45, 7) is 2.56. The molecule has 1 aromatic heterocycles. The largest absolute Gasteiger partial charge is 0.326 e. The fourth-order valence-corrected chi connectivity index (χ4v) is 1.82. The quantitative estimate of drug-likeness (QED) is 0.864. The predicted molar refractivity (Wildman–Crippen MR) is 73.5 cm³/mol. The highest BCUT2D eigenvalue weighted by Gasteiger charge is 2.11. The predicted octanol–water partition coefficient (Wildman–Crippen LogP) is 2.03. The fourth-order valence-electron chi connectivity index (χ4n) is 1.82. The lowest BCUT2D eigenvalue weighted by atomic mass is 10.1. The molecule has 0 aliphatic heterocycles. The maximum atomic E-state index is 11.9. The Kier molecular flexibility index (Phi) is 3.89. The van der Waals surface area contributed by atoms with Gasteiger partial charge in [-0.25, -0.2) is 0 Å². The molecular formula is C14H17N3O. The van der Waals surface area contributed by atoms with Gasteiger partial charge in [0.15, 0.2) is 0 Å². The smallest absolute Gasteiger partial charge is 0.228 e. The number of hydrogen-bond acceptors (Lipinski definition) is 3. The lowest BCUT2D eigenvalue weighted by Gasteiger charge is -2.11. The Morgan fingerprint density at radius 1 is 1.39 bits per heavy atom. The van der Waals surface area contributed by atoms with Crippen molar-refractivity contribution in [2.45, 2.75) is 6.92 Å². The van der Waals surface area contributed by atoms with E-state index in [0.29, 0.717) is 6.54 Å². The molecule has 0 spiro atoms. The van der Waals surface area contributed by atoms with Crippen molar-refractivity contribution in [3.8, 4) is 0 Å². The summed E-state index contributed by atoms with van der Waals surface area (Å²) in [7, 11) is 1.84. The standard InChI is InChI=1S/C14H17N3O/c1-10(9-15-2)14(18)17-12-5-6-13-11(8-12)4-3-7-16-13/h3-8,10,15H,9H2,1-2H3,(H,17,18). The van der Waals surface area contributed by atoms with Crippen LogP contribution in [0.4, 0.5) is 5.69 Å². The van der Waals surface area contributed by atoms with E-state index in [9.17, 15) is 4.79 Å². The first-order valence-electron chi connectivity index (χ1n) is 6.01. The van der Waals surface area contributed by atoms with Crippen LogP contribution in [0.3, 0.4) is 0 Å². The van der Waals surface area contributed by atoms with Gasteiger partial charge >= 0.3 is 0 Å². The number of amides is 1. The van der Waals surface area contributed by atoms with Crippen LogP contribution in [-0.2, 0) is 4.79 Å². The molecule has 0 fully saturated rings. The molecule has 0 bridgehead atoms. The molecule has 2 rings (SSSR count). The first-order chi connectivity index (χ1) is 8.70. The highest BCUT2D eigenvalue weighted by atomic mass is 16.1. The third-order valence-corrected chi connectivity index (χ3v) is 2.83. The van der Waals surface area contributed by atoms with E-state index in [0.717, 1.165) is 16.6 Å². The molecule has 1 heterocycles. The Labute approximate surface area is 106 Å². The molecule has 18 heavy (non-hydrogen) atoms. The zero-order chi connectivity index (χ0) is 13.0. The first-order valence-corrected chi connectivity index (χ1v) is 6.01. The minimum Gasteiger partial charge on any atom is -0.326 e. The van der Waals surface area contributed by atoms with E-state index in [1.165, 1.54) is 0 Å². The van der Waals surface area contributed by atoms with E-state index >= 15 is 0 Å². The average Bonchev–Trinajstić information content (AvgIpc) is 2.39. The number of benzene rings is 1. The monoisotopic (exact) mass is 243 g/mol. The number of fused-ring (bicyclic) bond motifs is 1. The van der Waals surface area contributed by atoms with Crippen LogP contribution in [0.1, 0.15) is 6.92 Å². The summed E-state index contributed by atoms with van der Waals surface area (Å²) >= 11 is 0. The summed E-state index contributed by atoms with van der Waals surface area (Å²) in [4.78, 5) is 16.1. The maximum Gasteiger partial charge on any atom is 0.228 e. The van der Waals surface area contributed by atoms with Crippen LogP contribution >= 0.6 is 0 Å². The second kappa shape index (κ2) is 5.60. The van der Waals surface area contributed by atoms with Gasteiger partial charge in [0.25, 0.3) is 0 Å². The minimum atomic E-state index is -0.0559. The number of carbonyl (C=O) groups excluding carboxylic acids is 1. The van der Waals surface area contributed by atoms with Gasteiger partial charge in [0.2, 0.25) is 5.91 Å². The molecule has 0 saturated heterocycles. The lowest BCUT2D eigenvalue weighted by Crippen LogP contribution is -2.28. The van der Waals surface area contributed by atoms with Gasteiger partial charge in [0.1, 0.15) is 0 Å². The van der Waals surface area contributed by atoms with Crippen LogP contribution in [0.15, 0.2) is 36.5 Å². The molecular weight excluding hydrogens is 226 g/mol. The molecule has 0 aliphatic rings. The van der Waals surface area contributed by atoms with Crippen molar-refractivity contribution < 1.29 is 4.79 Å². The number of pyridine rings is 1. The molecule has 94 valence electrons. The van der Waals surface area contributed by atoms with Crippen LogP contribution in [0, 0.1) is 5.92 Å². The fraction of sp³-hybridized carbons (Fsp3) is 0.286. The second-order valence-electron chi connectivity index (χ2n) is 4.36. The number of hydrogen-bond donors (Lipinski definition) is 2. The van der Waals surface area contributed by atoms with Crippen LogP contribution in [0.25, 0.3) is 10.9 Å². The van der Waals surface area contributed by atoms with Crippen molar-refractivity contribution in [3.63, 3.8) is 0 Å². The van der Waals surface area contributed by atoms with Gasteiger partial charge in [0.05, 0.1) is 5.52 Å². The summed E-state index contributed by atoms with van der Waals surface area (Å²) in [5.74, 6) is -0.0350. The highest BCUT2D eigenvalue weighted by Crippen LogP contribution is 2.17. The Bertz CT molecular complexity index is 553. The van der Waals surface area contributed by atoms with Crippen LogP contribution in [-0.4, -0.2) is 24.5 Å². The van der Waals surface area contributed by atoms with Gasteiger partial charge in [-0.05, 0) is 31.3 Å². The highest BCUT2D eigenvalue weighted by molar-refractivity contribution is 5.94. The van der Waals surface area contributed by atoms with E-state index in [2.05, 4.69) is 15.6 Å². The molecule has 0 radical (unpaired) electrons. The van der Waals surface area contributed by atoms with Crippen molar-refractivity contribution in [2.24, 2.45) is 5.92 Å². The molecule has 4 heteroatoms. The molecule has 2 aromatic rings. The summed E-state index contributed by atoms with van der Waals surface area (Å²) in [5.41, 5.74) is 1.74. The van der Waals surface area contributed by atoms with Gasteiger partial charge in [-0.3, -0.25) is 9.78 Å². The Balaban J connectivity index is 2.14. The summed E-state index contributed by atoms with van der Waals surface area (Å²) in [5, 5.41) is 6.93. The van der Waals surface area contributed by atoms with Gasteiger partial charge in [-0.15, -0.1) is 0 Å². The number of anilines is 1. The third kappa shape index (κ3) is 2.84. The molecule has 1 atom stereocenters. The minimum absolute atomic E-state index is 0.0209. The van der Waals surface area contributed by atoms with E-state index in [1.54, 1.807) is 6.20 Å². The van der Waals surface area contributed by atoms with Crippen molar-refractivity contribution in [1.82, 2.24) is 10.3 Å². The Morgan fingerprint density at radius 2 is 2.22 bits per heavy atom. The number of rotatable bonds is 4. The zero-order valence-corrected chi connectivity index (χ0v) is 10.6. The molecule has 4 nitrogen and oxygen atoms in total. The third-order valence-electron chi connectivity index (χ3n) is 2.83. The second-order valence-corrected chi connectivity index (χ2v) is 4.36. The van der Waals surface area contributed by atoms with Gasteiger partial charge in [-0.1, -0.05) is 13.0 Å². The molecule has 0 saturated carbocycles. The lowest BCUT2D eigenvalue weighted by molar-refractivity contribution is -0.119. The van der Waals surface area contributed by atoms with Crippen molar-refractivity contribution in [2.75, 3.05) is 18.9 Å². The SMILES string of the molecule is CNCC(C)C(=O)Nc1ccc2ncccc2c1. The molecule has 2 N–H and O–H groups in total. The zero-order valence-electron chi connectivity index (χ0n) is 10.6. The normalized spacial score (nSPS) is 12.3. The van der Waals surface area contributed by atoms with Crippen LogP contribution in [0.2, 0.25) is 0 Å². The summed E-state index contributed by atoms with van der Waals surface area (Å²) in [6, 6.07) is 9.59. The van der Waals surface area contributed by atoms with Gasteiger partial charge in [-0.2, -0.15) is 0 Å². The number of carbonyl (C=O) groups is 1. The van der Waals surface area contributed by atoms with E-state index in [-0.39, 0.29) is 11.8 Å². The average molecular weight is 243 g/mol. The molecule has 0 aliphatic carbocycles. The maximum absolute atomic E-state index is 11.9. The van der Waals surface area contributed by atoms with Gasteiger partial charge < -0.3 is 10.6 Å². The number of nitrogens with zero attached hydrogens (tertiary/aromatic N) is 1. The number of nitrogens with one attached hydrogen (secondary N) is 2. The summed E-state index contributed by atoms with van der Waals surface area (Å²) < 4.78 is 0. The summed E-state index contributed by atoms with van der Waals surface area (Å²) in [6.07, 6.45) is 1.76. The van der Waals surface area contributed by atoms with Gasteiger partial charge in [0, 0.05) is 29.7 Å². The van der Waals surface area contributed by atoms with Crippen molar-refractivity contribution >= 4 is 22.5 Å². The molecule has 1 unspecified atom stereocenters. The molecule has 1 aromatic carbocycles. The van der Waals surface area contributed by atoms with E-state index in [4.69, 9.17) is 0 Å². The number of aromatic nitrogens is 1. The Morgan fingerprint density at radius 3 is 3.00 bits per heavy atom. The molecule has 1 amide bonds.